The molecule has 0 aromatic carbocycles. The lowest BCUT2D eigenvalue weighted by Gasteiger charge is -2.32. The van der Waals surface area contributed by atoms with Crippen LogP contribution in [0.2, 0.25) is 0 Å². The molecule has 1 fully saturated rings. The van der Waals surface area contributed by atoms with Crippen molar-refractivity contribution < 1.29 is 14.6 Å². The predicted octanol–water partition coefficient (Wildman–Crippen LogP) is 1.26. The highest BCUT2D eigenvalue weighted by Crippen LogP contribution is 2.18. The zero-order valence-corrected chi connectivity index (χ0v) is 12.7. The molecule has 7 heteroatoms. The number of aromatic carboxylic acids is 1. The average Bonchev–Trinajstić information content (AvgIpc) is 2.53. The van der Waals surface area contributed by atoms with Gasteiger partial charge in [0.15, 0.2) is 0 Å². The van der Waals surface area contributed by atoms with Crippen LogP contribution >= 0.6 is 0 Å². The fraction of sp³-hybridized carbons (Fsp3) is 0.312. The quantitative estimate of drug-likeness (QED) is 0.918. The third-order valence-corrected chi connectivity index (χ3v) is 3.81. The van der Waals surface area contributed by atoms with Gasteiger partial charge in [-0.2, -0.15) is 0 Å². The number of pyridine rings is 1. The number of rotatable bonds is 3. The number of fused-ring (bicyclic) bond motifs is 1. The van der Waals surface area contributed by atoms with Gasteiger partial charge in [0, 0.05) is 30.9 Å². The van der Waals surface area contributed by atoms with Gasteiger partial charge in [0.2, 0.25) is 0 Å². The van der Waals surface area contributed by atoms with E-state index in [4.69, 9.17) is 9.84 Å². The Labute approximate surface area is 132 Å². The number of carboxylic acid groups (broad SMARTS) is 1. The summed E-state index contributed by atoms with van der Waals surface area (Å²) in [6, 6.07) is 2.88. The van der Waals surface area contributed by atoms with Crippen molar-refractivity contribution in [2.45, 2.75) is 13.0 Å². The molecule has 120 valence electrons. The Bertz CT molecular complexity index is 843. The molecular formula is C16H17N3O4. The van der Waals surface area contributed by atoms with Gasteiger partial charge in [0.25, 0.3) is 5.56 Å². The van der Waals surface area contributed by atoms with Crippen molar-refractivity contribution in [1.29, 1.82) is 0 Å². The SMILES string of the molecule is C=Cc1cc(C(=O)O)cn2c(=O)cc(N3CCOC(C)C3)nc12. The van der Waals surface area contributed by atoms with Crippen molar-refractivity contribution in [3.63, 3.8) is 0 Å². The molecule has 23 heavy (non-hydrogen) atoms. The summed E-state index contributed by atoms with van der Waals surface area (Å²) in [5.74, 6) is -0.538. The lowest BCUT2D eigenvalue weighted by Crippen LogP contribution is -2.42. The van der Waals surface area contributed by atoms with E-state index < -0.39 is 5.97 Å². The van der Waals surface area contributed by atoms with Gasteiger partial charge in [-0.1, -0.05) is 12.7 Å². The van der Waals surface area contributed by atoms with Crippen LogP contribution in [-0.2, 0) is 4.74 Å². The molecule has 0 amide bonds. The second kappa shape index (κ2) is 5.85. The summed E-state index contributed by atoms with van der Waals surface area (Å²) in [5.41, 5.74) is 0.594. The third kappa shape index (κ3) is 2.83. The lowest BCUT2D eigenvalue weighted by atomic mass is 10.2. The van der Waals surface area contributed by atoms with Crippen molar-refractivity contribution in [2.75, 3.05) is 24.6 Å². The summed E-state index contributed by atoms with van der Waals surface area (Å²) in [7, 11) is 0. The first-order chi connectivity index (χ1) is 11.0. The number of aromatic nitrogens is 2. The van der Waals surface area contributed by atoms with Gasteiger partial charge in [-0.25, -0.2) is 9.78 Å². The van der Waals surface area contributed by atoms with Crippen LogP contribution in [0.3, 0.4) is 0 Å². The van der Waals surface area contributed by atoms with E-state index in [-0.39, 0.29) is 17.2 Å². The summed E-state index contributed by atoms with van der Waals surface area (Å²) >= 11 is 0. The van der Waals surface area contributed by atoms with Crippen molar-refractivity contribution in [1.82, 2.24) is 9.38 Å². The van der Waals surface area contributed by atoms with Gasteiger partial charge in [-0.3, -0.25) is 9.20 Å². The van der Waals surface area contributed by atoms with E-state index in [1.165, 1.54) is 28.8 Å². The lowest BCUT2D eigenvalue weighted by molar-refractivity contribution is 0.0529. The summed E-state index contributed by atoms with van der Waals surface area (Å²) in [4.78, 5) is 30.1. The molecular weight excluding hydrogens is 298 g/mol. The molecule has 1 aliphatic rings. The fourth-order valence-corrected chi connectivity index (χ4v) is 2.67. The van der Waals surface area contributed by atoms with E-state index in [0.717, 1.165) is 0 Å². The normalized spacial score (nSPS) is 18.1. The monoisotopic (exact) mass is 315 g/mol. The van der Waals surface area contributed by atoms with E-state index in [1.807, 2.05) is 11.8 Å². The molecule has 0 aliphatic carbocycles. The van der Waals surface area contributed by atoms with Crippen molar-refractivity contribution >= 4 is 23.5 Å². The number of morpholine rings is 1. The molecule has 2 aromatic rings. The van der Waals surface area contributed by atoms with Gasteiger partial charge in [-0.15, -0.1) is 0 Å². The fourth-order valence-electron chi connectivity index (χ4n) is 2.67. The van der Waals surface area contributed by atoms with Gasteiger partial charge in [0.05, 0.1) is 18.3 Å². The molecule has 1 N–H and O–H groups in total. The minimum Gasteiger partial charge on any atom is -0.478 e. The second-order valence-electron chi connectivity index (χ2n) is 5.47. The third-order valence-electron chi connectivity index (χ3n) is 3.81. The highest BCUT2D eigenvalue weighted by molar-refractivity contribution is 5.89. The largest absolute Gasteiger partial charge is 0.478 e. The highest BCUT2D eigenvalue weighted by Gasteiger charge is 2.20. The first-order valence-corrected chi connectivity index (χ1v) is 7.29. The Morgan fingerprint density at radius 3 is 2.96 bits per heavy atom. The summed E-state index contributed by atoms with van der Waals surface area (Å²) in [6.07, 6.45) is 2.85. The van der Waals surface area contributed by atoms with E-state index in [9.17, 15) is 9.59 Å². The molecule has 0 saturated carbocycles. The van der Waals surface area contributed by atoms with Crippen LogP contribution in [0.25, 0.3) is 11.7 Å². The van der Waals surface area contributed by atoms with Crippen molar-refractivity contribution in [3.8, 4) is 0 Å². The topological polar surface area (TPSA) is 84.1 Å². The van der Waals surface area contributed by atoms with Crippen molar-refractivity contribution in [3.05, 3.63) is 46.4 Å². The number of ether oxygens (including phenoxy) is 1. The maximum atomic E-state index is 12.4. The minimum absolute atomic E-state index is 0.0176. The van der Waals surface area contributed by atoms with Gasteiger partial charge in [0.1, 0.15) is 11.5 Å². The van der Waals surface area contributed by atoms with Crippen LogP contribution in [0.1, 0.15) is 22.8 Å². The van der Waals surface area contributed by atoms with Gasteiger partial charge < -0.3 is 14.7 Å². The Morgan fingerprint density at radius 2 is 2.30 bits per heavy atom. The zero-order chi connectivity index (χ0) is 16.6. The Morgan fingerprint density at radius 1 is 1.52 bits per heavy atom. The second-order valence-corrected chi connectivity index (χ2v) is 5.47. The number of carboxylic acids is 1. The van der Waals surface area contributed by atoms with Crippen LogP contribution in [0.4, 0.5) is 5.82 Å². The molecule has 0 bridgehead atoms. The van der Waals surface area contributed by atoms with Gasteiger partial charge in [-0.05, 0) is 13.0 Å². The van der Waals surface area contributed by atoms with Crippen LogP contribution in [0.5, 0.6) is 0 Å². The van der Waals surface area contributed by atoms with E-state index in [1.54, 1.807) is 0 Å². The molecule has 1 aliphatic heterocycles. The summed E-state index contributed by atoms with van der Waals surface area (Å²) < 4.78 is 6.74. The van der Waals surface area contributed by atoms with Crippen molar-refractivity contribution in [2.24, 2.45) is 0 Å². The standard InChI is InChI=1S/C16H17N3O4/c1-3-11-6-12(16(21)22)9-19-14(20)7-13(17-15(11)19)18-4-5-23-10(2)8-18/h3,6-7,9-10H,1,4-5,8H2,2H3,(H,21,22). The number of hydrogen-bond donors (Lipinski definition) is 1. The molecule has 1 saturated heterocycles. The van der Waals surface area contributed by atoms with Crippen LogP contribution in [0, 0.1) is 0 Å². The van der Waals surface area contributed by atoms with E-state index >= 15 is 0 Å². The Kier molecular flexibility index (Phi) is 3.87. The number of anilines is 1. The molecule has 1 unspecified atom stereocenters. The first-order valence-electron chi connectivity index (χ1n) is 7.29. The molecule has 0 radical (unpaired) electrons. The average molecular weight is 315 g/mol. The minimum atomic E-state index is -1.10. The number of carbonyl (C=O) groups is 1. The molecule has 3 rings (SSSR count). The number of hydrogen-bond acceptors (Lipinski definition) is 5. The predicted molar refractivity (Wildman–Crippen MR) is 86.1 cm³/mol. The highest BCUT2D eigenvalue weighted by atomic mass is 16.5. The van der Waals surface area contributed by atoms with E-state index in [0.29, 0.717) is 36.7 Å². The molecule has 2 aromatic heterocycles. The maximum Gasteiger partial charge on any atom is 0.337 e. The van der Waals surface area contributed by atoms with E-state index in [2.05, 4.69) is 11.6 Å². The van der Waals surface area contributed by atoms with Gasteiger partial charge >= 0.3 is 5.97 Å². The molecule has 0 spiro atoms. The van der Waals surface area contributed by atoms with Crippen LogP contribution < -0.4 is 10.5 Å². The Balaban J connectivity index is 2.17. The molecule has 1 atom stereocenters. The molecule has 7 nitrogen and oxygen atoms in total. The smallest absolute Gasteiger partial charge is 0.337 e. The zero-order valence-electron chi connectivity index (χ0n) is 12.7. The van der Waals surface area contributed by atoms with Crippen LogP contribution in [-0.4, -0.2) is 46.3 Å². The first kappa shape index (κ1) is 15.2. The summed E-state index contributed by atoms with van der Waals surface area (Å²) in [5, 5.41) is 9.15. The summed E-state index contributed by atoms with van der Waals surface area (Å²) in [6.45, 7) is 7.54. The Hall–Kier alpha value is -2.67. The number of nitrogens with zero attached hydrogens (tertiary/aromatic N) is 3. The maximum absolute atomic E-state index is 12.4. The van der Waals surface area contributed by atoms with Crippen LogP contribution in [0.15, 0.2) is 29.7 Å². The molecule has 3 heterocycles.